The summed E-state index contributed by atoms with van der Waals surface area (Å²) in [7, 11) is 1.25. The van der Waals surface area contributed by atoms with Gasteiger partial charge >= 0.3 is 5.97 Å². The molecule has 0 unspecified atom stereocenters. The Morgan fingerprint density at radius 3 is 2.63 bits per heavy atom. The van der Waals surface area contributed by atoms with E-state index in [4.69, 9.17) is 0 Å². The number of nitrogens with one attached hydrogen (secondary N) is 1. The van der Waals surface area contributed by atoms with Crippen molar-refractivity contribution in [1.82, 2.24) is 5.32 Å². The second-order valence-electron chi connectivity index (χ2n) is 4.26. The number of hydrogen-bond acceptors (Lipinski definition) is 3. The minimum absolute atomic E-state index is 0.128. The third kappa shape index (κ3) is 3.53. The SMILES string of the molecule is CC[C@](C)(NC(=O)c1cc(F)ccc1Br)C(=O)OC. The van der Waals surface area contributed by atoms with Gasteiger partial charge in [-0.2, -0.15) is 0 Å². The van der Waals surface area contributed by atoms with Gasteiger partial charge in [-0.1, -0.05) is 6.92 Å². The molecule has 1 amide bonds. The van der Waals surface area contributed by atoms with Gasteiger partial charge in [0.1, 0.15) is 11.4 Å². The Morgan fingerprint density at radius 1 is 1.47 bits per heavy atom. The molecular weight excluding hydrogens is 317 g/mol. The quantitative estimate of drug-likeness (QED) is 0.863. The number of halogens is 2. The summed E-state index contributed by atoms with van der Waals surface area (Å²) in [5, 5.41) is 2.57. The van der Waals surface area contributed by atoms with Gasteiger partial charge in [-0.3, -0.25) is 4.79 Å². The van der Waals surface area contributed by atoms with Crippen LogP contribution in [0.5, 0.6) is 0 Å². The van der Waals surface area contributed by atoms with Crippen LogP contribution in [-0.4, -0.2) is 24.5 Å². The van der Waals surface area contributed by atoms with E-state index < -0.39 is 23.2 Å². The molecule has 1 atom stereocenters. The molecule has 0 saturated carbocycles. The average Bonchev–Trinajstić information content (AvgIpc) is 2.40. The summed E-state index contributed by atoms with van der Waals surface area (Å²) in [6.07, 6.45) is 0.359. The number of carbonyl (C=O) groups is 2. The zero-order valence-electron chi connectivity index (χ0n) is 10.9. The van der Waals surface area contributed by atoms with E-state index >= 15 is 0 Å². The molecule has 0 heterocycles. The molecule has 0 fully saturated rings. The summed E-state index contributed by atoms with van der Waals surface area (Å²) in [5.41, 5.74) is -1.01. The van der Waals surface area contributed by atoms with Gasteiger partial charge in [0.25, 0.3) is 5.91 Å². The van der Waals surface area contributed by atoms with Gasteiger partial charge in [-0.25, -0.2) is 9.18 Å². The number of benzene rings is 1. The highest BCUT2D eigenvalue weighted by atomic mass is 79.9. The van der Waals surface area contributed by atoms with Crippen molar-refractivity contribution in [2.45, 2.75) is 25.8 Å². The fraction of sp³-hybridized carbons (Fsp3) is 0.385. The number of rotatable bonds is 4. The Bertz CT molecular complexity index is 507. The molecule has 104 valence electrons. The summed E-state index contributed by atoms with van der Waals surface area (Å²) in [6, 6.07) is 3.78. The lowest BCUT2D eigenvalue weighted by molar-refractivity contribution is -0.147. The van der Waals surface area contributed by atoms with E-state index in [1.807, 2.05) is 0 Å². The van der Waals surface area contributed by atoms with Gasteiger partial charge in [-0.05, 0) is 47.5 Å². The van der Waals surface area contributed by atoms with Crippen molar-refractivity contribution in [1.29, 1.82) is 0 Å². The summed E-state index contributed by atoms with van der Waals surface area (Å²) >= 11 is 3.17. The lowest BCUT2D eigenvalue weighted by Crippen LogP contribution is -2.52. The third-order valence-corrected chi connectivity index (χ3v) is 3.60. The van der Waals surface area contributed by atoms with E-state index in [0.717, 1.165) is 6.07 Å². The van der Waals surface area contributed by atoms with Crippen molar-refractivity contribution in [3.8, 4) is 0 Å². The van der Waals surface area contributed by atoms with Crippen molar-refractivity contribution in [3.63, 3.8) is 0 Å². The minimum atomic E-state index is -1.14. The van der Waals surface area contributed by atoms with E-state index in [9.17, 15) is 14.0 Å². The maximum atomic E-state index is 13.2. The Morgan fingerprint density at radius 2 is 2.11 bits per heavy atom. The van der Waals surface area contributed by atoms with Gasteiger partial charge in [0, 0.05) is 4.47 Å². The van der Waals surface area contributed by atoms with E-state index in [2.05, 4.69) is 26.0 Å². The van der Waals surface area contributed by atoms with E-state index in [1.165, 1.54) is 19.2 Å². The number of esters is 1. The first-order valence-corrected chi connectivity index (χ1v) is 6.49. The number of methoxy groups -OCH3 is 1. The summed E-state index contributed by atoms with van der Waals surface area (Å²) in [4.78, 5) is 23.8. The number of amides is 1. The minimum Gasteiger partial charge on any atom is -0.467 e. The highest BCUT2D eigenvalue weighted by Gasteiger charge is 2.34. The molecule has 0 aliphatic heterocycles. The van der Waals surface area contributed by atoms with Crippen LogP contribution in [0.1, 0.15) is 30.6 Å². The van der Waals surface area contributed by atoms with Crippen LogP contribution < -0.4 is 5.32 Å². The molecule has 0 aliphatic rings. The Balaban J connectivity index is 3.01. The van der Waals surface area contributed by atoms with Crippen molar-refractivity contribution in [2.75, 3.05) is 7.11 Å². The maximum absolute atomic E-state index is 13.2. The first-order chi connectivity index (χ1) is 8.84. The first-order valence-electron chi connectivity index (χ1n) is 5.70. The number of hydrogen-bond donors (Lipinski definition) is 1. The third-order valence-electron chi connectivity index (χ3n) is 2.91. The van der Waals surface area contributed by atoms with Crippen molar-refractivity contribution >= 4 is 27.8 Å². The molecule has 1 aromatic carbocycles. The van der Waals surface area contributed by atoms with Crippen LogP contribution in [0.4, 0.5) is 4.39 Å². The largest absolute Gasteiger partial charge is 0.467 e. The summed E-state index contributed by atoms with van der Waals surface area (Å²) in [5.74, 6) is -1.61. The predicted molar refractivity (Wildman–Crippen MR) is 72.3 cm³/mol. The lowest BCUT2D eigenvalue weighted by Gasteiger charge is -2.26. The second kappa shape index (κ2) is 6.14. The smallest absolute Gasteiger partial charge is 0.331 e. The first kappa shape index (κ1) is 15.6. The van der Waals surface area contributed by atoms with Gasteiger partial charge in [-0.15, -0.1) is 0 Å². The van der Waals surface area contributed by atoms with E-state index in [-0.39, 0.29) is 5.56 Å². The van der Waals surface area contributed by atoms with Crippen LogP contribution in [0, 0.1) is 5.82 Å². The molecule has 1 aromatic rings. The molecule has 0 radical (unpaired) electrons. The molecule has 0 aromatic heterocycles. The fourth-order valence-electron chi connectivity index (χ4n) is 1.50. The van der Waals surface area contributed by atoms with Crippen LogP contribution in [0.3, 0.4) is 0 Å². The molecule has 4 nitrogen and oxygen atoms in total. The van der Waals surface area contributed by atoms with Crippen LogP contribution in [0.15, 0.2) is 22.7 Å². The van der Waals surface area contributed by atoms with E-state index in [1.54, 1.807) is 13.8 Å². The van der Waals surface area contributed by atoms with Gasteiger partial charge < -0.3 is 10.1 Å². The molecule has 6 heteroatoms. The van der Waals surface area contributed by atoms with Crippen LogP contribution in [0.2, 0.25) is 0 Å². The molecule has 1 rings (SSSR count). The topological polar surface area (TPSA) is 55.4 Å². The summed E-state index contributed by atoms with van der Waals surface area (Å²) in [6.45, 7) is 3.31. The zero-order chi connectivity index (χ0) is 14.6. The van der Waals surface area contributed by atoms with Gasteiger partial charge in [0.05, 0.1) is 12.7 Å². The Hall–Kier alpha value is -1.43. The van der Waals surface area contributed by atoms with Crippen molar-refractivity contribution in [3.05, 3.63) is 34.1 Å². The van der Waals surface area contributed by atoms with Crippen LogP contribution in [-0.2, 0) is 9.53 Å². The Labute approximate surface area is 119 Å². The van der Waals surface area contributed by atoms with Crippen molar-refractivity contribution in [2.24, 2.45) is 0 Å². The van der Waals surface area contributed by atoms with E-state index in [0.29, 0.717) is 10.9 Å². The predicted octanol–water partition coefficient (Wildman–Crippen LogP) is 2.66. The van der Waals surface area contributed by atoms with Gasteiger partial charge in [0.15, 0.2) is 0 Å². The van der Waals surface area contributed by atoms with Crippen LogP contribution in [0.25, 0.3) is 0 Å². The second-order valence-corrected chi connectivity index (χ2v) is 5.11. The maximum Gasteiger partial charge on any atom is 0.331 e. The number of ether oxygens (including phenoxy) is 1. The lowest BCUT2D eigenvalue weighted by atomic mass is 9.98. The fourth-order valence-corrected chi connectivity index (χ4v) is 1.93. The monoisotopic (exact) mass is 331 g/mol. The highest BCUT2D eigenvalue weighted by molar-refractivity contribution is 9.10. The Kier molecular flexibility index (Phi) is 5.05. The molecule has 0 saturated heterocycles. The molecule has 0 spiro atoms. The van der Waals surface area contributed by atoms with Crippen LogP contribution >= 0.6 is 15.9 Å². The molecule has 1 N–H and O–H groups in total. The highest BCUT2D eigenvalue weighted by Crippen LogP contribution is 2.20. The van der Waals surface area contributed by atoms with Crippen molar-refractivity contribution < 1.29 is 18.7 Å². The summed E-state index contributed by atoms with van der Waals surface area (Å²) < 4.78 is 18.3. The molecular formula is C13H15BrFNO3. The standard InChI is InChI=1S/C13H15BrFNO3/c1-4-13(2,12(18)19-3)16-11(17)9-7-8(15)5-6-10(9)14/h5-7H,4H2,1-3H3,(H,16,17)/t13-/m0/s1. The normalized spacial score (nSPS) is 13.5. The number of carbonyl (C=O) groups excluding carboxylic acids is 2. The van der Waals surface area contributed by atoms with Gasteiger partial charge in [0.2, 0.25) is 0 Å². The molecule has 0 aliphatic carbocycles. The molecule has 0 bridgehead atoms. The average molecular weight is 332 g/mol. The molecule has 19 heavy (non-hydrogen) atoms. The zero-order valence-corrected chi connectivity index (χ0v) is 12.5.